The molecule has 3 N–H and O–H groups in total. The van der Waals surface area contributed by atoms with Gasteiger partial charge in [0.25, 0.3) is 0 Å². The van der Waals surface area contributed by atoms with Crippen LogP contribution in [0.3, 0.4) is 0 Å². The lowest BCUT2D eigenvalue weighted by molar-refractivity contribution is 0.0768. The maximum atomic E-state index is 12.7. The number of fused-ring (bicyclic) bond motifs is 2. The Morgan fingerprint density at radius 2 is 1.95 bits per heavy atom. The van der Waals surface area contributed by atoms with Gasteiger partial charge in [-0.3, -0.25) is 4.98 Å². The Kier molecular flexibility index (Phi) is 3.53. The fourth-order valence-corrected chi connectivity index (χ4v) is 5.14. The standard InChI is InChI=1S/C13H19N3O3S/c14-7-9-1-4-13(8-15-9)20(18,19)16-10-2-3-11(16)6-12(17)5-10/h1,4,8,10-12,17H,2-3,5-7,14H2. The number of aromatic nitrogens is 1. The van der Waals surface area contributed by atoms with Crippen LogP contribution in [0.5, 0.6) is 0 Å². The minimum Gasteiger partial charge on any atom is -0.393 e. The normalized spacial score (nSPS) is 30.6. The first-order valence-corrected chi connectivity index (χ1v) is 8.33. The number of piperidine rings is 1. The molecule has 0 saturated carbocycles. The van der Waals surface area contributed by atoms with Gasteiger partial charge in [-0.05, 0) is 37.8 Å². The minimum absolute atomic E-state index is 0.0806. The third kappa shape index (κ3) is 2.24. The maximum Gasteiger partial charge on any atom is 0.245 e. The topological polar surface area (TPSA) is 96.5 Å². The molecule has 2 unspecified atom stereocenters. The molecule has 2 aliphatic rings. The van der Waals surface area contributed by atoms with Gasteiger partial charge in [0.05, 0.1) is 11.8 Å². The van der Waals surface area contributed by atoms with Crippen LogP contribution in [0.1, 0.15) is 31.4 Å². The van der Waals surface area contributed by atoms with Crippen molar-refractivity contribution in [2.45, 2.75) is 55.3 Å². The van der Waals surface area contributed by atoms with Crippen LogP contribution in [0.4, 0.5) is 0 Å². The van der Waals surface area contributed by atoms with Crippen molar-refractivity contribution in [3.63, 3.8) is 0 Å². The zero-order valence-electron chi connectivity index (χ0n) is 11.1. The molecule has 20 heavy (non-hydrogen) atoms. The molecule has 1 aromatic heterocycles. The van der Waals surface area contributed by atoms with Crippen molar-refractivity contribution in [2.75, 3.05) is 0 Å². The first-order chi connectivity index (χ1) is 9.52. The van der Waals surface area contributed by atoms with Gasteiger partial charge in [-0.2, -0.15) is 4.31 Å². The maximum absolute atomic E-state index is 12.7. The Hall–Kier alpha value is -1.02. The average Bonchev–Trinajstić information content (AvgIpc) is 2.72. The number of rotatable bonds is 3. The summed E-state index contributed by atoms with van der Waals surface area (Å²) in [6.45, 7) is 0.293. The average molecular weight is 297 g/mol. The second kappa shape index (κ2) is 5.07. The lowest BCUT2D eigenvalue weighted by Gasteiger charge is -2.35. The zero-order valence-corrected chi connectivity index (χ0v) is 12.0. The number of pyridine rings is 1. The van der Waals surface area contributed by atoms with Crippen LogP contribution in [0, 0.1) is 0 Å². The Balaban J connectivity index is 1.92. The SMILES string of the molecule is NCc1ccc(S(=O)(=O)N2C3CCC2CC(O)C3)cn1. The number of sulfonamides is 1. The molecule has 1 aromatic rings. The zero-order chi connectivity index (χ0) is 14.3. The van der Waals surface area contributed by atoms with E-state index in [4.69, 9.17) is 5.73 Å². The third-order valence-corrected chi connectivity index (χ3v) is 6.21. The van der Waals surface area contributed by atoms with Gasteiger partial charge in [0, 0.05) is 24.8 Å². The molecular formula is C13H19N3O3S. The van der Waals surface area contributed by atoms with E-state index in [2.05, 4.69) is 4.98 Å². The molecule has 0 aliphatic carbocycles. The molecular weight excluding hydrogens is 278 g/mol. The lowest BCUT2D eigenvalue weighted by atomic mass is 10.0. The molecule has 2 bridgehead atoms. The fraction of sp³-hybridized carbons (Fsp3) is 0.615. The molecule has 2 atom stereocenters. The van der Waals surface area contributed by atoms with E-state index in [-0.39, 0.29) is 23.1 Å². The van der Waals surface area contributed by atoms with Crippen molar-refractivity contribution >= 4 is 10.0 Å². The Bertz CT molecular complexity index is 573. The van der Waals surface area contributed by atoms with Gasteiger partial charge in [0.1, 0.15) is 4.90 Å². The minimum atomic E-state index is -3.53. The predicted octanol–water partition coefficient (Wildman–Crippen LogP) is 0.217. The number of aliphatic hydroxyl groups excluding tert-OH is 1. The highest BCUT2D eigenvalue weighted by Crippen LogP contribution is 2.39. The molecule has 2 saturated heterocycles. The first-order valence-electron chi connectivity index (χ1n) is 6.89. The molecule has 0 aromatic carbocycles. The molecule has 7 heteroatoms. The van der Waals surface area contributed by atoms with Crippen LogP contribution in [-0.4, -0.2) is 41.0 Å². The van der Waals surface area contributed by atoms with Crippen molar-refractivity contribution in [1.29, 1.82) is 0 Å². The summed E-state index contributed by atoms with van der Waals surface area (Å²) in [5, 5.41) is 9.76. The molecule has 6 nitrogen and oxygen atoms in total. The number of hydrogen-bond donors (Lipinski definition) is 2. The lowest BCUT2D eigenvalue weighted by Crippen LogP contribution is -2.47. The number of nitrogens with two attached hydrogens (primary N) is 1. The second-order valence-electron chi connectivity index (χ2n) is 5.53. The molecule has 110 valence electrons. The van der Waals surface area contributed by atoms with E-state index in [1.54, 1.807) is 16.4 Å². The third-order valence-electron chi connectivity index (χ3n) is 4.22. The fourth-order valence-electron chi connectivity index (χ4n) is 3.30. The molecule has 3 heterocycles. The second-order valence-corrected chi connectivity index (χ2v) is 7.38. The summed E-state index contributed by atoms with van der Waals surface area (Å²) < 4.78 is 27.0. The van der Waals surface area contributed by atoms with E-state index in [0.717, 1.165) is 12.8 Å². The van der Waals surface area contributed by atoms with E-state index in [1.807, 2.05) is 0 Å². The summed E-state index contributed by atoms with van der Waals surface area (Å²) in [5.74, 6) is 0. The molecule has 3 rings (SSSR count). The summed E-state index contributed by atoms with van der Waals surface area (Å²) in [6, 6.07) is 3.05. The summed E-state index contributed by atoms with van der Waals surface area (Å²) in [6.07, 6.45) is 3.72. The van der Waals surface area contributed by atoms with Gasteiger partial charge < -0.3 is 10.8 Å². The summed E-state index contributed by atoms with van der Waals surface area (Å²) in [5.41, 5.74) is 6.14. The predicted molar refractivity (Wildman–Crippen MR) is 73.2 cm³/mol. The van der Waals surface area contributed by atoms with Crippen LogP contribution in [-0.2, 0) is 16.6 Å². The van der Waals surface area contributed by atoms with Crippen LogP contribution < -0.4 is 5.73 Å². The van der Waals surface area contributed by atoms with Crippen molar-refractivity contribution in [1.82, 2.24) is 9.29 Å². The summed E-state index contributed by atoms with van der Waals surface area (Å²) in [4.78, 5) is 4.27. The van der Waals surface area contributed by atoms with Crippen LogP contribution in [0.25, 0.3) is 0 Å². The molecule has 0 spiro atoms. The van der Waals surface area contributed by atoms with Crippen molar-refractivity contribution < 1.29 is 13.5 Å². The molecule has 2 fully saturated rings. The number of hydrogen-bond acceptors (Lipinski definition) is 5. The summed E-state index contributed by atoms with van der Waals surface area (Å²) in [7, 11) is -3.53. The Morgan fingerprint density at radius 1 is 1.30 bits per heavy atom. The van der Waals surface area contributed by atoms with Gasteiger partial charge in [-0.15, -0.1) is 0 Å². The quantitative estimate of drug-likeness (QED) is 0.831. The molecule has 0 radical (unpaired) electrons. The molecule has 0 amide bonds. The van der Waals surface area contributed by atoms with Gasteiger partial charge in [-0.25, -0.2) is 8.42 Å². The van der Waals surface area contributed by atoms with Crippen molar-refractivity contribution in [2.24, 2.45) is 5.73 Å². The van der Waals surface area contributed by atoms with Gasteiger partial charge >= 0.3 is 0 Å². The van der Waals surface area contributed by atoms with E-state index in [1.165, 1.54) is 6.20 Å². The highest BCUT2D eigenvalue weighted by atomic mass is 32.2. The van der Waals surface area contributed by atoms with E-state index < -0.39 is 10.0 Å². The van der Waals surface area contributed by atoms with E-state index >= 15 is 0 Å². The monoisotopic (exact) mass is 297 g/mol. The number of aliphatic hydroxyl groups is 1. The highest BCUT2D eigenvalue weighted by molar-refractivity contribution is 7.89. The Morgan fingerprint density at radius 3 is 2.45 bits per heavy atom. The van der Waals surface area contributed by atoms with E-state index in [9.17, 15) is 13.5 Å². The molecule has 2 aliphatic heterocycles. The Labute approximate surface area is 118 Å². The van der Waals surface area contributed by atoms with Gasteiger partial charge in [-0.1, -0.05) is 0 Å². The van der Waals surface area contributed by atoms with Gasteiger partial charge in [0.2, 0.25) is 10.0 Å². The highest BCUT2D eigenvalue weighted by Gasteiger charge is 2.46. The first kappa shape index (κ1) is 13.9. The van der Waals surface area contributed by atoms with E-state index in [0.29, 0.717) is 25.1 Å². The van der Waals surface area contributed by atoms with Gasteiger partial charge in [0.15, 0.2) is 0 Å². The summed E-state index contributed by atoms with van der Waals surface area (Å²) >= 11 is 0. The van der Waals surface area contributed by atoms with Crippen LogP contribution >= 0.6 is 0 Å². The van der Waals surface area contributed by atoms with Crippen molar-refractivity contribution in [3.05, 3.63) is 24.0 Å². The van der Waals surface area contributed by atoms with Crippen molar-refractivity contribution in [3.8, 4) is 0 Å². The van der Waals surface area contributed by atoms with Crippen LogP contribution in [0.2, 0.25) is 0 Å². The number of nitrogens with zero attached hydrogens (tertiary/aromatic N) is 2. The smallest absolute Gasteiger partial charge is 0.245 e. The van der Waals surface area contributed by atoms with Crippen LogP contribution in [0.15, 0.2) is 23.2 Å². The largest absolute Gasteiger partial charge is 0.393 e.